The highest BCUT2D eigenvalue weighted by atomic mass is 19.4. The minimum absolute atomic E-state index is 0.0426. The van der Waals surface area contributed by atoms with Gasteiger partial charge in [0.15, 0.2) is 5.60 Å². The molecular weight excluding hydrogens is 433 g/mol. The second-order valence-corrected chi connectivity index (χ2v) is 9.08. The summed E-state index contributed by atoms with van der Waals surface area (Å²) < 4.78 is 43.2. The number of phenolic OH excluding ortho intramolecular Hbond substituents is 1. The number of H-pyrrole nitrogens is 1. The summed E-state index contributed by atoms with van der Waals surface area (Å²) in [6.07, 6.45) is -3.76. The van der Waals surface area contributed by atoms with Gasteiger partial charge >= 0.3 is 6.18 Å². The zero-order chi connectivity index (χ0) is 24.1. The first-order valence-electron chi connectivity index (χ1n) is 11.0. The zero-order valence-corrected chi connectivity index (χ0v) is 18.6. The Morgan fingerprint density at radius 3 is 2.58 bits per heavy atom. The van der Waals surface area contributed by atoms with E-state index in [2.05, 4.69) is 10.3 Å². The number of nitrogens with one attached hydrogen (secondary N) is 2. The van der Waals surface area contributed by atoms with Crippen LogP contribution in [0.1, 0.15) is 68.2 Å². The fourth-order valence-corrected chi connectivity index (χ4v) is 4.88. The fourth-order valence-electron chi connectivity index (χ4n) is 4.88. The third-order valence-corrected chi connectivity index (χ3v) is 6.73. The summed E-state index contributed by atoms with van der Waals surface area (Å²) in [4.78, 5) is 14.8. The molecule has 1 unspecified atom stereocenters. The average molecular weight is 460 g/mol. The van der Waals surface area contributed by atoms with E-state index in [4.69, 9.17) is 0 Å². The molecule has 0 radical (unpaired) electrons. The maximum absolute atomic E-state index is 14.4. The lowest BCUT2D eigenvalue weighted by atomic mass is 9.68. The summed E-state index contributed by atoms with van der Waals surface area (Å²) >= 11 is 0. The van der Waals surface area contributed by atoms with E-state index in [0.29, 0.717) is 34.0 Å². The van der Waals surface area contributed by atoms with Crippen LogP contribution in [0.15, 0.2) is 47.4 Å². The van der Waals surface area contributed by atoms with Gasteiger partial charge in [-0.25, -0.2) is 0 Å². The van der Waals surface area contributed by atoms with Gasteiger partial charge in [0.1, 0.15) is 5.75 Å². The number of aromatic nitrogens is 1. The first kappa shape index (κ1) is 23.2. The molecule has 3 atom stereocenters. The van der Waals surface area contributed by atoms with Crippen LogP contribution in [0.2, 0.25) is 0 Å². The second-order valence-electron chi connectivity index (χ2n) is 9.08. The smallest absolute Gasteiger partial charge is 0.419 e. The Labute approximate surface area is 189 Å². The summed E-state index contributed by atoms with van der Waals surface area (Å²) in [5.41, 5.74) is -1.83. The number of aromatic amines is 1. The van der Waals surface area contributed by atoms with Gasteiger partial charge in [-0.3, -0.25) is 4.79 Å². The van der Waals surface area contributed by atoms with Crippen molar-refractivity contribution in [3.8, 4) is 5.75 Å². The monoisotopic (exact) mass is 460 g/mol. The van der Waals surface area contributed by atoms with Gasteiger partial charge < -0.3 is 20.5 Å². The van der Waals surface area contributed by atoms with Crippen LogP contribution in [0, 0.1) is 0 Å². The van der Waals surface area contributed by atoms with Crippen LogP contribution in [0.3, 0.4) is 0 Å². The van der Waals surface area contributed by atoms with Crippen LogP contribution in [-0.2, 0) is 0 Å². The molecule has 4 rings (SSSR count). The van der Waals surface area contributed by atoms with E-state index in [-0.39, 0.29) is 22.8 Å². The van der Waals surface area contributed by atoms with Crippen molar-refractivity contribution in [1.29, 1.82) is 0 Å². The summed E-state index contributed by atoms with van der Waals surface area (Å²) in [5, 5.41) is 25.7. The van der Waals surface area contributed by atoms with Gasteiger partial charge in [-0.15, -0.1) is 0 Å². The lowest BCUT2D eigenvalue weighted by Crippen LogP contribution is -2.55. The molecule has 0 amide bonds. The highest BCUT2D eigenvalue weighted by Crippen LogP contribution is 2.55. The number of anilines is 1. The number of rotatable bonds is 4. The predicted molar refractivity (Wildman–Crippen MR) is 122 cm³/mol. The zero-order valence-electron chi connectivity index (χ0n) is 18.6. The predicted octanol–water partition coefficient (Wildman–Crippen LogP) is 5.70. The van der Waals surface area contributed by atoms with Gasteiger partial charge in [0.05, 0.1) is 6.04 Å². The topological polar surface area (TPSA) is 85.4 Å². The SMILES string of the molecule is CC[C@@H]1C[C@](O)(C(F)(F)F)C(Nc2cccc3c(=O)[nH]ccc23)c2cc(C(C)C)cc(O)c21. The third-order valence-electron chi connectivity index (χ3n) is 6.73. The molecule has 0 fully saturated rings. The van der Waals surface area contributed by atoms with Gasteiger partial charge in [-0.05, 0) is 60.1 Å². The van der Waals surface area contributed by atoms with Crippen molar-refractivity contribution >= 4 is 16.5 Å². The molecule has 1 aliphatic rings. The average Bonchev–Trinajstić information content (AvgIpc) is 2.75. The molecule has 33 heavy (non-hydrogen) atoms. The van der Waals surface area contributed by atoms with Crippen LogP contribution in [0.25, 0.3) is 10.8 Å². The molecule has 1 aromatic heterocycles. The maximum atomic E-state index is 14.4. The Hall–Kier alpha value is -3.00. The number of benzene rings is 2. The van der Waals surface area contributed by atoms with E-state index < -0.39 is 30.2 Å². The fraction of sp³-hybridized carbons (Fsp3) is 0.400. The third kappa shape index (κ3) is 3.76. The van der Waals surface area contributed by atoms with E-state index in [0.717, 1.165) is 0 Å². The van der Waals surface area contributed by atoms with Crippen molar-refractivity contribution in [1.82, 2.24) is 4.98 Å². The van der Waals surface area contributed by atoms with Crippen molar-refractivity contribution in [2.24, 2.45) is 0 Å². The van der Waals surface area contributed by atoms with Gasteiger partial charge in [0.2, 0.25) is 0 Å². The van der Waals surface area contributed by atoms with Crippen LogP contribution in [0.5, 0.6) is 5.75 Å². The molecule has 0 saturated carbocycles. The number of hydrogen-bond acceptors (Lipinski definition) is 4. The van der Waals surface area contributed by atoms with Crippen LogP contribution in [0.4, 0.5) is 18.9 Å². The van der Waals surface area contributed by atoms with Gasteiger partial charge in [0, 0.05) is 28.2 Å². The molecule has 0 bridgehead atoms. The van der Waals surface area contributed by atoms with Gasteiger partial charge in [-0.2, -0.15) is 13.2 Å². The Morgan fingerprint density at radius 2 is 1.94 bits per heavy atom. The standard InChI is InChI=1S/C25H27F3N2O3/c1-4-14-12-24(33,25(26,27)28)22(18-10-15(13(2)3)11-20(31)21(14)18)30-19-7-5-6-17-16(19)8-9-29-23(17)32/h5-11,13-14,22,30-31,33H,4,12H2,1-3H3,(H,29,32)/t14-,22?,24-/m1/s1. The highest BCUT2D eigenvalue weighted by molar-refractivity contribution is 5.93. The molecule has 176 valence electrons. The van der Waals surface area contributed by atoms with Gasteiger partial charge in [0.25, 0.3) is 5.56 Å². The van der Waals surface area contributed by atoms with Crippen LogP contribution >= 0.6 is 0 Å². The van der Waals surface area contributed by atoms with E-state index in [9.17, 15) is 28.2 Å². The molecule has 0 saturated heterocycles. The number of aromatic hydroxyl groups is 1. The minimum Gasteiger partial charge on any atom is -0.508 e. The van der Waals surface area contributed by atoms with Gasteiger partial charge in [-0.1, -0.05) is 32.9 Å². The Bertz CT molecular complexity index is 1250. The molecule has 3 aromatic rings. The summed E-state index contributed by atoms with van der Waals surface area (Å²) in [5.74, 6) is -0.770. The van der Waals surface area contributed by atoms with Crippen LogP contribution < -0.4 is 10.9 Å². The summed E-state index contributed by atoms with van der Waals surface area (Å²) in [7, 11) is 0. The molecule has 4 N–H and O–H groups in total. The molecule has 0 aliphatic heterocycles. The van der Waals surface area contributed by atoms with E-state index in [1.807, 2.05) is 13.8 Å². The minimum atomic E-state index is -4.93. The highest BCUT2D eigenvalue weighted by Gasteiger charge is 2.62. The van der Waals surface area contributed by atoms with Crippen molar-refractivity contribution in [2.75, 3.05) is 5.32 Å². The normalized spacial score (nSPS) is 23.0. The number of phenols is 1. The number of hydrogen-bond donors (Lipinski definition) is 4. The number of pyridine rings is 1. The maximum Gasteiger partial charge on any atom is 0.419 e. The second kappa shape index (κ2) is 8.09. The number of alkyl halides is 3. The van der Waals surface area contributed by atoms with Crippen molar-refractivity contribution in [3.05, 3.63) is 69.6 Å². The molecule has 5 nitrogen and oxygen atoms in total. The molecule has 1 heterocycles. The van der Waals surface area contributed by atoms with Crippen molar-refractivity contribution < 1.29 is 23.4 Å². The van der Waals surface area contributed by atoms with Crippen LogP contribution in [-0.4, -0.2) is 27.0 Å². The molecule has 2 aromatic carbocycles. The Balaban J connectivity index is 1.98. The first-order valence-corrected chi connectivity index (χ1v) is 11.0. The Kier molecular flexibility index (Phi) is 5.68. The lowest BCUT2D eigenvalue weighted by molar-refractivity contribution is -0.272. The number of halogens is 3. The molecule has 0 spiro atoms. The lowest BCUT2D eigenvalue weighted by Gasteiger charge is -2.46. The van der Waals surface area contributed by atoms with E-state index in [1.165, 1.54) is 6.20 Å². The number of aliphatic hydroxyl groups is 1. The first-order chi connectivity index (χ1) is 15.5. The summed E-state index contributed by atoms with van der Waals surface area (Å²) in [6.45, 7) is 5.51. The largest absolute Gasteiger partial charge is 0.508 e. The van der Waals surface area contributed by atoms with E-state index in [1.54, 1.807) is 43.3 Å². The number of fused-ring (bicyclic) bond motifs is 2. The van der Waals surface area contributed by atoms with Crippen molar-refractivity contribution in [2.45, 2.75) is 63.3 Å². The molecular formula is C25H27F3N2O3. The van der Waals surface area contributed by atoms with Crippen molar-refractivity contribution in [3.63, 3.8) is 0 Å². The molecule has 1 aliphatic carbocycles. The Morgan fingerprint density at radius 1 is 1.21 bits per heavy atom. The molecule has 8 heteroatoms. The quantitative estimate of drug-likeness (QED) is 0.402. The summed E-state index contributed by atoms with van der Waals surface area (Å²) in [6, 6.07) is 8.01. The van der Waals surface area contributed by atoms with E-state index >= 15 is 0 Å².